The van der Waals surface area contributed by atoms with Crippen LogP contribution in [0.15, 0.2) is 12.1 Å². The predicted octanol–water partition coefficient (Wildman–Crippen LogP) is 4.26. The Morgan fingerprint density at radius 2 is 1.81 bits per heavy atom. The van der Waals surface area contributed by atoms with E-state index in [1.54, 1.807) is 33.8 Å². The van der Waals surface area contributed by atoms with Crippen molar-refractivity contribution in [3.05, 3.63) is 33.3 Å². The molecule has 0 unspecified atom stereocenters. The van der Waals surface area contributed by atoms with Crippen LogP contribution in [0.2, 0.25) is 10.0 Å². The second-order valence-electron chi connectivity index (χ2n) is 4.59. The van der Waals surface area contributed by atoms with E-state index in [1.807, 2.05) is 0 Å². The average molecular weight is 261 g/mol. The topological polar surface area (TPSA) is 26.3 Å². The molecule has 88 valence electrons. The second-order valence-corrected chi connectivity index (χ2v) is 5.40. The Morgan fingerprint density at radius 3 is 2.31 bits per heavy atom. The highest BCUT2D eigenvalue weighted by Crippen LogP contribution is 2.27. The van der Waals surface area contributed by atoms with Gasteiger partial charge in [0.05, 0.1) is 10.6 Å². The molecule has 2 nitrogen and oxygen atoms in total. The van der Waals surface area contributed by atoms with E-state index in [0.717, 1.165) is 5.56 Å². The third-order valence-electron chi connectivity index (χ3n) is 1.84. The summed E-state index contributed by atoms with van der Waals surface area (Å²) in [5, 5.41) is 0.862. The Hall–Kier alpha value is -0.730. The summed E-state index contributed by atoms with van der Waals surface area (Å²) in [6.45, 7) is 7.20. The lowest BCUT2D eigenvalue weighted by Gasteiger charge is -2.20. The lowest BCUT2D eigenvalue weighted by Crippen LogP contribution is -2.24. The number of ether oxygens (including phenoxy) is 1. The first-order chi connectivity index (χ1) is 7.20. The first kappa shape index (κ1) is 13.3. The van der Waals surface area contributed by atoms with Crippen LogP contribution in [0.3, 0.4) is 0 Å². The van der Waals surface area contributed by atoms with Gasteiger partial charge >= 0.3 is 5.97 Å². The van der Waals surface area contributed by atoms with Crippen LogP contribution in [0.5, 0.6) is 0 Å². The molecule has 16 heavy (non-hydrogen) atoms. The quantitative estimate of drug-likeness (QED) is 0.706. The molecule has 0 N–H and O–H groups in total. The summed E-state index contributed by atoms with van der Waals surface area (Å²) >= 11 is 11.9. The SMILES string of the molecule is Cc1cc(Cl)cc(C(=O)OC(C)(C)C)c1Cl. The minimum atomic E-state index is -0.545. The van der Waals surface area contributed by atoms with Crippen molar-refractivity contribution in [2.24, 2.45) is 0 Å². The molecule has 0 atom stereocenters. The van der Waals surface area contributed by atoms with Crippen LogP contribution < -0.4 is 0 Å². The van der Waals surface area contributed by atoms with Crippen LogP contribution in [0.4, 0.5) is 0 Å². The zero-order valence-corrected chi connectivity index (χ0v) is 11.2. The molecule has 0 saturated heterocycles. The number of hydrogen-bond donors (Lipinski definition) is 0. The minimum Gasteiger partial charge on any atom is -0.456 e. The van der Waals surface area contributed by atoms with E-state index in [4.69, 9.17) is 27.9 Å². The van der Waals surface area contributed by atoms with Crippen molar-refractivity contribution in [2.75, 3.05) is 0 Å². The van der Waals surface area contributed by atoms with Crippen LogP contribution in [0.1, 0.15) is 36.7 Å². The summed E-state index contributed by atoms with van der Waals surface area (Å²) in [6.07, 6.45) is 0. The maximum absolute atomic E-state index is 11.8. The smallest absolute Gasteiger partial charge is 0.340 e. The van der Waals surface area contributed by atoms with Gasteiger partial charge in [0, 0.05) is 5.02 Å². The van der Waals surface area contributed by atoms with Crippen LogP contribution in [-0.2, 0) is 4.74 Å². The molecule has 0 saturated carbocycles. The summed E-state index contributed by atoms with van der Waals surface area (Å²) in [4.78, 5) is 11.8. The van der Waals surface area contributed by atoms with Gasteiger partial charge in [-0.2, -0.15) is 0 Å². The highest BCUT2D eigenvalue weighted by atomic mass is 35.5. The van der Waals surface area contributed by atoms with E-state index in [1.165, 1.54) is 6.07 Å². The largest absolute Gasteiger partial charge is 0.456 e. The molecule has 1 aromatic rings. The van der Waals surface area contributed by atoms with Gasteiger partial charge in [-0.05, 0) is 45.4 Å². The van der Waals surface area contributed by atoms with E-state index in [9.17, 15) is 4.79 Å². The van der Waals surface area contributed by atoms with Gasteiger partial charge in [0.2, 0.25) is 0 Å². The monoisotopic (exact) mass is 260 g/mol. The van der Waals surface area contributed by atoms with E-state index in [0.29, 0.717) is 15.6 Å². The van der Waals surface area contributed by atoms with Gasteiger partial charge in [0.1, 0.15) is 5.60 Å². The van der Waals surface area contributed by atoms with Crippen molar-refractivity contribution >= 4 is 29.2 Å². The maximum atomic E-state index is 11.8. The lowest BCUT2D eigenvalue weighted by molar-refractivity contribution is 0.00696. The van der Waals surface area contributed by atoms with Gasteiger partial charge in [-0.15, -0.1) is 0 Å². The van der Waals surface area contributed by atoms with Gasteiger partial charge in [0.15, 0.2) is 0 Å². The summed E-state index contributed by atoms with van der Waals surface area (Å²) in [6, 6.07) is 3.22. The van der Waals surface area contributed by atoms with Crippen LogP contribution in [-0.4, -0.2) is 11.6 Å². The molecular weight excluding hydrogens is 247 g/mol. The Labute approximate surface area is 106 Å². The van der Waals surface area contributed by atoms with Gasteiger partial charge in [-0.1, -0.05) is 23.2 Å². The Kier molecular flexibility index (Phi) is 3.87. The number of carbonyl (C=O) groups excluding carboxylic acids is 1. The normalized spacial score (nSPS) is 11.4. The van der Waals surface area contributed by atoms with Gasteiger partial charge < -0.3 is 4.74 Å². The molecule has 0 aromatic heterocycles. The molecule has 0 bridgehead atoms. The standard InChI is InChI=1S/C12H14Cl2O2/c1-7-5-8(13)6-9(10(7)14)11(15)16-12(2,3)4/h5-6H,1-4H3. The molecule has 4 heteroatoms. The predicted molar refractivity (Wildman–Crippen MR) is 66.4 cm³/mol. The average Bonchev–Trinajstić information content (AvgIpc) is 2.08. The van der Waals surface area contributed by atoms with E-state index >= 15 is 0 Å². The Bertz CT molecular complexity index is 420. The molecule has 0 heterocycles. The Morgan fingerprint density at radius 1 is 1.25 bits per heavy atom. The highest BCUT2D eigenvalue weighted by Gasteiger charge is 2.21. The van der Waals surface area contributed by atoms with E-state index < -0.39 is 11.6 Å². The molecular formula is C12H14Cl2O2. The molecule has 0 aliphatic carbocycles. The van der Waals surface area contributed by atoms with Crippen molar-refractivity contribution in [3.63, 3.8) is 0 Å². The number of carbonyl (C=O) groups is 1. The van der Waals surface area contributed by atoms with Crippen LogP contribution >= 0.6 is 23.2 Å². The Balaban J connectivity index is 3.09. The fraction of sp³-hybridized carbons (Fsp3) is 0.417. The summed E-state index contributed by atoms with van der Waals surface area (Å²) in [5.41, 5.74) is 0.521. The third-order valence-corrected chi connectivity index (χ3v) is 2.56. The van der Waals surface area contributed by atoms with Gasteiger partial charge in [0.25, 0.3) is 0 Å². The van der Waals surface area contributed by atoms with Crippen molar-refractivity contribution in [2.45, 2.75) is 33.3 Å². The fourth-order valence-corrected chi connectivity index (χ4v) is 1.67. The number of rotatable bonds is 1. The molecule has 0 amide bonds. The molecule has 0 aliphatic rings. The fourth-order valence-electron chi connectivity index (χ4n) is 1.21. The minimum absolute atomic E-state index is 0.307. The van der Waals surface area contributed by atoms with Crippen molar-refractivity contribution in [3.8, 4) is 0 Å². The van der Waals surface area contributed by atoms with Crippen molar-refractivity contribution < 1.29 is 9.53 Å². The van der Waals surface area contributed by atoms with E-state index in [-0.39, 0.29) is 0 Å². The second kappa shape index (κ2) is 4.64. The van der Waals surface area contributed by atoms with Crippen molar-refractivity contribution in [1.82, 2.24) is 0 Å². The molecule has 0 radical (unpaired) electrons. The summed E-state index contributed by atoms with van der Waals surface area (Å²) < 4.78 is 5.23. The number of halogens is 2. The summed E-state index contributed by atoms with van der Waals surface area (Å²) in [5.74, 6) is -0.455. The molecule has 1 rings (SSSR count). The first-order valence-corrected chi connectivity index (χ1v) is 5.65. The lowest BCUT2D eigenvalue weighted by atomic mass is 10.1. The summed E-state index contributed by atoms with van der Waals surface area (Å²) in [7, 11) is 0. The zero-order valence-electron chi connectivity index (χ0n) is 9.73. The molecule has 0 spiro atoms. The third kappa shape index (κ3) is 3.39. The maximum Gasteiger partial charge on any atom is 0.340 e. The van der Waals surface area contributed by atoms with Crippen LogP contribution in [0, 0.1) is 6.92 Å². The number of esters is 1. The van der Waals surface area contributed by atoms with Crippen LogP contribution in [0.25, 0.3) is 0 Å². The molecule has 1 aromatic carbocycles. The van der Waals surface area contributed by atoms with Gasteiger partial charge in [-0.25, -0.2) is 4.79 Å². The van der Waals surface area contributed by atoms with Crippen molar-refractivity contribution in [1.29, 1.82) is 0 Å². The van der Waals surface area contributed by atoms with Gasteiger partial charge in [-0.3, -0.25) is 0 Å². The molecule has 0 fully saturated rings. The number of aryl methyl sites for hydroxylation is 1. The highest BCUT2D eigenvalue weighted by molar-refractivity contribution is 6.36. The van der Waals surface area contributed by atoms with E-state index in [2.05, 4.69) is 0 Å². The number of benzene rings is 1. The number of hydrogen-bond acceptors (Lipinski definition) is 2. The zero-order chi connectivity index (χ0) is 12.5. The molecule has 0 aliphatic heterocycles. The first-order valence-electron chi connectivity index (χ1n) is 4.90.